The zero-order valence-corrected chi connectivity index (χ0v) is 19.8. The van der Waals surface area contributed by atoms with E-state index in [1.807, 2.05) is 0 Å². The Balaban J connectivity index is 1.85. The Morgan fingerprint density at radius 3 is 2.24 bits per heavy atom. The van der Waals surface area contributed by atoms with Gasteiger partial charge >= 0.3 is 5.97 Å². The number of para-hydroxylation sites is 2. The van der Waals surface area contributed by atoms with Gasteiger partial charge < -0.3 is 21.1 Å². The van der Waals surface area contributed by atoms with E-state index in [9.17, 15) is 29.3 Å². The van der Waals surface area contributed by atoms with Crippen LogP contribution in [0.5, 0.6) is 0 Å². The third-order valence-electron chi connectivity index (χ3n) is 5.05. The van der Waals surface area contributed by atoms with E-state index in [1.165, 1.54) is 24.3 Å². The van der Waals surface area contributed by atoms with Crippen LogP contribution in [0.25, 0.3) is 6.08 Å². The highest BCUT2D eigenvalue weighted by Crippen LogP contribution is 2.21. The molecule has 0 saturated heterocycles. The summed E-state index contributed by atoms with van der Waals surface area (Å²) in [6.07, 6.45) is 2.75. The summed E-state index contributed by atoms with van der Waals surface area (Å²) in [7, 11) is 0. The van der Waals surface area contributed by atoms with E-state index in [1.54, 1.807) is 60.7 Å². The van der Waals surface area contributed by atoms with E-state index in [0.717, 1.165) is 6.08 Å². The molecule has 38 heavy (non-hydrogen) atoms. The molecule has 0 unspecified atom stereocenters. The lowest BCUT2D eigenvalue weighted by Gasteiger charge is -2.14. The number of aliphatic carboxylic acids is 1. The molecule has 0 spiro atoms. The number of nitrogens with one attached hydrogen (secondary N) is 3. The number of benzene rings is 3. The molecular weight excluding hydrogens is 492 g/mol. The van der Waals surface area contributed by atoms with E-state index in [-0.39, 0.29) is 29.1 Å². The van der Waals surface area contributed by atoms with Gasteiger partial charge in [0.05, 0.1) is 10.5 Å². The van der Waals surface area contributed by atoms with E-state index < -0.39 is 28.6 Å². The predicted molar refractivity (Wildman–Crippen MR) is 139 cm³/mol. The van der Waals surface area contributed by atoms with Gasteiger partial charge in [-0.15, -0.1) is 0 Å². The molecule has 0 heterocycles. The smallest absolute Gasteiger partial charge is 0.328 e. The van der Waals surface area contributed by atoms with Gasteiger partial charge in [0.25, 0.3) is 17.5 Å². The maximum atomic E-state index is 13.2. The Bertz CT molecular complexity index is 1430. The van der Waals surface area contributed by atoms with E-state index in [4.69, 9.17) is 5.11 Å². The second kappa shape index (κ2) is 12.9. The quantitative estimate of drug-likeness (QED) is 0.183. The first-order valence-corrected chi connectivity index (χ1v) is 11.1. The topological polar surface area (TPSA) is 168 Å². The highest BCUT2D eigenvalue weighted by atomic mass is 16.6. The molecule has 192 valence electrons. The number of carboxylic acid groups (broad SMARTS) is 1. The van der Waals surface area contributed by atoms with E-state index in [2.05, 4.69) is 16.0 Å². The van der Waals surface area contributed by atoms with Crippen LogP contribution >= 0.6 is 0 Å². The fourth-order valence-electron chi connectivity index (χ4n) is 3.26. The van der Waals surface area contributed by atoms with Crippen molar-refractivity contribution in [2.75, 3.05) is 5.32 Å². The summed E-state index contributed by atoms with van der Waals surface area (Å²) in [4.78, 5) is 59.4. The van der Waals surface area contributed by atoms with Gasteiger partial charge in [-0.1, -0.05) is 48.5 Å². The minimum atomic E-state index is -1.28. The number of carboxylic acids is 1. The first-order chi connectivity index (χ1) is 18.2. The van der Waals surface area contributed by atoms with Gasteiger partial charge in [-0.05, 0) is 35.9 Å². The van der Waals surface area contributed by atoms with Crippen molar-refractivity contribution in [1.29, 1.82) is 0 Å². The summed E-state index contributed by atoms with van der Waals surface area (Å²) in [5.74, 6) is -3.29. The lowest BCUT2D eigenvalue weighted by Crippen LogP contribution is -2.34. The van der Waals surface area contributed by atoms with Gasteiger partial charge in [-0.3, -0.25) is 24.5 Å². The van der Waals surface area contributed by atoms with Crippen molar-refractivity contribution >= 4 is 41.1 Å². The van der Waals surface area contributed by atoms with E-state index in [0.29, 0.717) is 17.3 Å². The maximum absolute atomic E-state index is 13.2. The van der Waals surface area contributed by atoms with Crippen LogP contribution in [0.4, 0.5) is 11.4 Å². The van der Waals surface area contributed by atoms with Crippen LogP contribution in [0.15, 0.2) is 96.7 Å². The van der Waals surface area contributed by atoms with Crippen LogP contribution in [0.2, 0.25) is 0 Å². The molecule has 3 aromatic carbocycles. The minimum absolute atomic E-state index is 0.0899. The third-order valence-corrected chi connectivity index (χ3v) is 5.05. The first-order valence-electron chi connectivity index (χ1n) is 11.1. The Morgan fingerprint density at radius 2 is 1.53 bits per heavy atom. The molecule has 0 bridgehead atoms. The van der Waals surface area contributed by atoms with Gasteiger partial charge in [-0.2, -0.15) is 0 Å². The second-order valence-corrected chi connectivity index (χ2v) is 7.69. The molecule has 0 aliphatic rings. The predicted octanol–water partition coefficient (Wildman–Crippen LogP) is 3.26. The summed E-state index contributed by atoms with van der Waals surface area (Å²) in [5, 5.41) is 27.8. The second-order valence-electron chi connectivity index (χ2n) is 7.69. The number of anilines is 1. The number of nitro benzene ring substituents is 1. The van der Waals surface area contributed by atoms with Crippen LogP contribution in [-0.4, -0.2) is 33.7 Å². The van der Waals surface area contributed by atoms with Crippen molar-refractivity contribution in [3.05, 3.63) is 124 Å². The third kappa shape index (κ3) is 7.71. The van der Waals surface area contributed by atoms with Crippen LogP contribution in [0, 0.1) is 10.1 Å². The molecule has 0 aliphatic carbocycles. The highest BCUT2D eigenvalue weighted by Gasteiger charge is 2.18. The Morgan fingerprint density at radius 1 is 0.868 bits per heavy atom. The zero-order valence-electron chi connectivity index (χ0n) is 19.8. The van der Waals surface area contributed by atoms with Gasteiger partial charge in [0, 0.05) is 36.0 Å². The zero-order chi connectivity index (χ0) is 27.5. The van der Waals surface area contributed by atoms with Gasteiger partial charge in [0.1, 0.15) is 5.70 Å². The summed E-state index contributed by atoms with van der Waals surface area (Å²) in [6.45, 7) is -0.0899. The summed E-state index contributed by atoms with van der Waals surface area (Å²) < 4.78 is 0. The number of nitrogens with zero attached hydrogens (tertiary/aromatic N) is 1. The molecule has 0 atom stereocenters. The lowest BCUT2D eigenvalue weighted by molar-refractivity contribution is -0.385. The van der Waals surface area contributed by atoms with Crippen LogP contribution in [-0.2, 0) is 20.9 Å². The van der Waals surface area contributed by atoms with Crippen LogP contribution in [0.3, 0.4) is 0 Å². The average Bonchev–Trinajstić information content (AvgIpc) is 2.91. The fraction of sp³-hybridized carbons (Fsp3) is 0.0370. The maximum Gasteiger partial charge on any atom is 0.328 e. The standard InChI is InChI=1S/C27H22N4O7/c32-24(14-15-25(33)34)29-21-12-6-4-11-20(21)17-28-27(36)22(30-26(35)18-8-2-1-3-9-18)16-19-10-5-7-13-23(19)31(37)38/h1-16H,17H2,(H,28,36)(H,29,32)(H,30,35)(H,33,34)/b15-14+,22-16+. The van der Waals surface area contributed by atoms with Crippen LogP contribution in [0.1, 0.15) is 21.5 Å². The molecule has 3 aromatic rings. The average molecular weight is 514 g/mol. The van der Waals surface area contributed by atoms with Gasteiger partial charge in [0.15, 0.2) is 0 Å². The van der Waals surface area contributed by atoms with E-state index >= 15 is 0 Å². The summed E-state index contributed by atoms with van der Waals surface area (Å²) in [6, 6.07) is 20.4. The lowest BCUT2D eigenvalue weighted by atomic mass is 10.1. The Kier molecular flexibility index (Phi) is 9.19. The van der Waals surface area contributed by atoms with Crippen molar-refractivity contribution in [3.8, 4) is 0 Å². The van der Waals surface area contributed by atoms with Gasteiger partial charge in [0.2, 0.25) is 5.91 Å². The molecule has 11 nitrogen and oxygen atoms in total. The van der Waals surface area contributed by atoms with Crippen molar-refractivity contribution in [2.45, 2.75) is 6.54 Å². The molecule has 0 aromatic heterocycles. The number of hydrogen-bond donors (Lipinski definition) is 4. The molecule has 3 rings (SSSR count). The normalized spacial score (nSPS) is 11.0. The molecule has 11 heteroatoms. The number of amides is 3. The molecule has 0 radical (unpaired) electrons. The molecule has 0 fully saturated rings. The fourth-order valence-corrected chi connectivity index (χ4v) is 3.26. The number of nitro groups is 1. The number of carbonyl (C=O) groups excluding carboxylic acids is 3. The highest BCUT2D eigenvalue weighted by molar-refractivity contribution is 6.06. The number of carbonyl (C=O) groups is 4. The molecule has 4 N–H and O–H groups in total. The Labute approximate surface area is 216 Å². The van der Waals surface area contributed by atoms with Crippen molar-refractivity contribution in [1.82, 2.24) is 10.6 Å². The monoisotopic (exact) mass is 514 g/mol. The SMILES string of the molecule is O=C(O)/C=C/C(=O)Nc1ccccc1CNC(=O)/C(=C\c1ccccc1[N+](=O)[O-])NC(=O)c1ccccc1. The number of rotatable bonds is 10. The molecule has 3 amide bonds. The molecular formula is C27H22N4O7. The minimum Gasteiger partial charge on any atom is -0.478 e. The molecule has 0 saturated carbocycles. The summed E-state index contributed by atoms with van der Waals surface area (Å²) >= 11 is 0. The van der Waals surface area contributed by atoms with Crippen molar-refractivity contribution in [2.24, 2.45) is 0 Å². The summed E-state index contributed by atoms with van der Waals surface area (Å²) in [5.41, 5.74) is 0.696. The van der Waals surface area contributed by atoms with Crippen LogP contribution < -0.4 is 16.0 Å². The molecule has 0 aliphatic heterocycles. The van der Waals surface area contributed by atoms with Crippen molar-refractivity contribution < 1.29 is 29.2 Å². The first kappa shape index (κ1) is 27.0. The Hall–Kier alpha value is -5.58. The number of hydrogen-bond acceptors (Lipinski definition) is 6. The van der Waals surface area contributed by atoms with Crippen molar-refractivity contribution in [3.63, 3.8) is 0 Å². The van der Waals surface area contributed by atoms with Gasteiger partial charge in [-0.25, -0.2) is 4.79 Å². The largest absolute Gasteiger partial charge is 0.478 e.